The predicted molar refractivity (Wildman–Crippen MR) is 78.2 cm³/mol. The van der Waals surface area contributed by atoms with E-state index in [-0.39, 0.29) is 6.04 Å². The molecular formula is C12H21N3O2S2. The first-order valence-electron chi connectivity index (χ1n) is 6.32. The van der Waals surface area contributed by atoms with Gasteiger partial charge in [0.1, 0.15) is 4.21 Å². The van der Waals surface area contributed by atoms with Crippen LogP contribution in [0.2, 0.25) is 0 Å². The van der Waals surface area contributed by atoms with E-state index in [9.17, 15) is 8.42 Å². The van der Waals surface area contributed by atoms with Crippen molar-refractivity contribution in [3.8, 4) is 0 Å². The second-order valence-corrected chi connectivity index (χ2v) is 8.10. The average molecular weight is 303 g/mol. The highest BCUT2D eigenvalue weighted by molar-refractivity contribution is 7.91. The van der Waals surface area contributed by atoms with Crippen LogP contribution >= 0.6 is 11.3 Å². The molecule has 7 heteroatoms. The minimum atomic E-state index is -3.36. The van der Waals surface area contributed by atoms with Crippen molar-refractivity contribution in [1.82, 2.24) is 14.5 Å². The highest BCUT2D eigenvalue weighted by Crippen LogP contribution is 2.19. The first-order valence-corrected chi connectivity index (χ1v) is 8.68. The number of likely N-dealkylation sites (N-methyl/N-ethyl adjacent to an activating group) is 2. The van der Waals surface area contributed by atoms with Crippen LogP contribution in [0.5, 0.6) is 0 Å². The maximum absolute atomic E-state index is 12.1. The van der Waals surface area contributed by atoms with Crippen LogP contribution in [0.25, 0.3) is 0 Å². The second kappa shape index (κ2) is 5.88. The fourth-order valence-corrected chi connectivity index (χ4v) is 4.49. The van der Waals surface area contributed by atoms with Gasteiger partial charge in [0.05, 0.1) is 0 Å². The summed E-state index contributed by atoms with van der Waals surface area (Å²) in [5.74, 6) is 0. The van der Waals surface area contributed by atoms with Crippen molar-refractivity contribution >= 4 is 21.4 Å². The molecule has 0 spiro atoms. The third kappa shape index (κ3) is 3.76. The molecule has 2 rings (SSSR count). The SMILES string of the molecule is Cc1csc(S(=O)(=O)NC[C@H]2CN(C)CCN2C)c1. The molecule has 108 valence electrons. The predicted octanol–water partition coefficient (Wildman–Crippen LogP) is 0.581. The summed E-state index contributed by atoms with van der Waals surface area (Å²) in [7, 11) is 0.753. The number of rotatable bonds is 4. The minimum absolute atomic E-state index is 0.231. The molecule has 1 N–H and O–H groups in total. The lowest BCUT2D eigenvalue weighted by molar-refractivity contribution is 0.117. The van der Waals surface area contributed by atoms with Gasteiger partial charge in [-0.1, -0.05) is 0 Å². The summed E-state index contributed by atoms with van der Waals surface area (Å²) in [6, 6.07) is 1.94. The Labute approximate surface area is 119 Å². The molecule has 5 nitrogen and oxygen atoms in total. The quantitative estimate of drug-likeness (QED) is 0.884. The van der Waals surface area contributed by atoms with Crippen LogP contribution in [-0.4, -0.2) is 64.5 Å². The van der Waals surface area contributed by atoms with E-state index in [1.807, 2.05) is 19.4 Å². The van der Waals surface area contributed by atoms with Crippen LogP contribution in [-0.2, 0) is 10.0 Å². The summed E-state index contributed by atoms with van der Waals surface area (Å²) in [6.07, 6.45) is 0. The molecule has 1 fully saturated rings. The topological polar surface area (TPSA) is 52.7 Å². The average Bonchev–Trinajstić information content (AvgIpc) is 2.78. The Morgan fingerprint density at radius 2 is 2.16 bits per heavy atom. The van der Waals surface area contributed by atoms with Gasteiger partial charge in [-0.2, -0.15) is 0 Å². The van der Waals surface area contributed by atoms with Gasteiger partial charge in [0.15, 0.2) is 0 Å². The maximum atomic E-state index is 12.1. The Kier molecular flexibility index (Phi) is 4.62. The molecule has 1 aromatic heterocycles. The summed E-state index contributed by atoms with van der Waals surface area (Å²) in [4.78, 5) is 4.44. The summed E-state index contributed by atoms with van der Waals surface area (Å²) < 4.78 is 27.4. The van der Waals surface area contributed by atoms with Crippen molar-refractivity contribution in [2.45, 2.75) is 17.2 Å². The van der Waals surface area contributed by atoms with Gasteiger partial charge < -0.3 is 4.90 Å². The van der Waals surface area contributed by atoms with Crippen LogP contribution in [0.15, 0.2) is 15.7 Å². The van der Waals surface area contributed by atoms with Gasteiger partial charge in [-0.25, -0.2) is 13.1 Å². The second-order valence-electron chi connectivity index (χ2n) is 5.19. The first kappa shape index (κ1) is 14.9. The Morgan fingerprint density at radius 3 is 2.79 bits per heavy atom. The molecule has 0 aliphatic carbocycles. The molecule has 1 aliphatic rings. The van der Waals surface area contributed by atoms with Gasteiger partial charge in [0.25, 0.3) is 0 Å². The molecular weight excluding hydrogens is 282 g/mol. The van der Waals surface area contributed by atoms with E-state index in [1.54, 1.807) is 6.07 Å². The van der Waals surface area contributed by atoms with Crippen molar-refractivity contribution in [1.29, 1.82) is 0 Å². The molecule has 2 heterocycles. The smallest absolute Gasteiger partial charge is 0.250 e. The molecule has 19 heavy (non-hydrogen) atoms. The molecule has 1 saturated heterocycles. The zero-order valence-electron chi connectivity index (χ0n) is 11.6. The fourth-order valence-electron chi connectivity index (χ4n) is 2.14. The molecule has 1 atom stereocenters. The Hall–Kier alpha value is -0.470. The lowest BCUT2D eigenvalue weighted by atomic mass is 10.2. The summed E-state index contributed by atoms with van der Waals surface area (Å²) in [5.41, 5.74) is 0.986. The number of aryl methyl sites for hydroxylation is 1. The highest BCUT2D eigenvalue weighted by Gasteiger charge is 2.24. The third-order valence-corrected chi connectivity index (χ3v) is 6.44. The van der Waals surface area contributed by atoms with E-state index in [2.05, 4.69) is 21.6 Å². The van der Waals surface area contributed by atoms with E-state index in [1.165, 1.54) is 11.3 Å². The third-order valence-electron chi connectivity index (χ3n) is 3.46. The zero-order valence-corrected chi connectivity index (χ0v) is 13.2. The number of nitrogens with one attached hydrogen (secondary N) is 1. The molecule has 0 unspecified atom stereocenters. The molecule has 1 aliphatic heterocycles. The van der Waals surface area contributed by atoms with Gasteiger partial charge in [-0.15, -0.1) is 11.3 Å². The number of nitrogens with zero attached hydrogens (tertiary/aromatic N) is 2. The van der Waals surface area contributed by atoms with Gasteiger partial charge >= 0.3 is 0 Å². The number of piperazine rings is 1. The standard InChI is InChI=1S/C12H21N3O2S2/c1-10-6-12(18-9-10)19(16,17)13-7-11-8-14(2)4-5-15(11)3/h6,9,11,13H,4-5,7-8H2,1-3H3/t11-/m0/s1. The highest BCUT2D eigenvalue weighted by atomic mass is 32.2. The molecule has 0 saturated carbocycles. The lowest BCUT2D eigenvalue weighted by Crippen LogP contribution is -2.54. The van der Waals surface area contributed by atoms with Gasteiger partial charge in [0, 0.05) is 32.2 Å². The van der Waals surface area contributed by atoms with Crippen LogP contribution in [0.1, 0.15) is 5.56 Å². The van der Waals surface area contributed by atoms with Crippen molar-refractivity contribution in [2.24, 2.45) is 0 Å². The Morgan fingerprint density at radius 1 is 1.42 bits per heavy atom. The molecule has 0 radical (unpaired) electrons. The number of hydrogen-bond acceptors (Lipinski definition) is 5. The Balaban J connectivity index is 1.98. The van der Waals surface area contributed by atoms with Gasteiger partial charge in [-0.05, 0) is 38.0 Å². The summed E-state index contributed by atoms with van der Waals surface area (Å²) in [5, 5.41) is 1.86. The van der Waals surface area contributed by atoms with E-state index in [4.69, 9.17) is 0 Å². The van der Waals surface area contributed by atoms with E-state index in [0.717, 1.165) is 25.2 Å². The van der Waals surface area contributed by atoms with Gasteiger partial charge in [0.2, 0.25) is 10.0 Å². The van der Waals surface area contributed by atoms with Crippen LogP contribution < -0.4 is 4.72 Å². The fraction of sp³-hybridized carbons (Fsp3) is 0.667. The molecule has 0 amide bonds. The van der Waals surface area contributed by atoms with Crippen molar-refractivity contribution in [2.75, 3.05) is 40.3 Å². The molecule has 0 aromatic carbocycles. The largest absolute Gasteiger partial charge is 0.303 e. The lowest BCUT2D eigenvalue weighted by Gasteiger charge is -2.37. The number of thiophene rings is 1. The van der Waals surface area contributed by atoms with Crippen molar-refractivity contribution in [3.05, 3.63) is 17.0 Å². The number of sulfonamides is 1. The van der Waals surface area contributed by atoms with E-state index < -0.39 is 10.0 Å². The van der Waals surface area contributed by atoms with Crippen LogP contribution in [0, 0.1) is 6.92 Å². The molecule has 0 bridgehead atoms. The minimum Gasteiger partial charge on any atom is -0.303 e. The van der Waals surface area contributed by atoms with Crippen molar-refractivity contribution in [3.63, 3.8) is 0 Å². The maximum Gasteiger partial charge on any atom is 0.250 e. The molecule has 1 aromatic rings. The first-order chi connectivity index (χ1) is 8.88. The van der Waals surface area contributed by atoms with Crippen LogP contribution in [0.4, 0.5) is 0 Å². The van der Waals surface area contributed by atoms with E-state index in [0.29, 0.717) is 10.8 Å². The summed E-state index contributed by atoms with van der Waals surface area (Å²) in [6.45, 7) is 5.26. The van der Waals surface area contributed by atoms with Crippen molar-refractivity contribution < 1.29 is 8.42 Å². The van der Waals surface area contributed by atoms with Gasteiger partial charge in [-0.3, -0.25) is 4.90 Å². The monoisotopic (exact) mass is 303 g/mol. The van der Waals surface area contributed by atoms with Crippen LogP contribution in [0.3, 0.4) is 0 Å². The Bertz CT molecular complexity index is 527. The number of hydrogen-bond donors (Lipinski definition) is 1. The van der Waals surface area contributed by atoms with E-state index >= 15 is 0 Å². The zero-order chi connectivity index (χ0) is 14.0. The normalized spacial score (nSPS) is 22.8. The summed E-state index contributed by atoms with van der Waals surface area (Å²) >= 11 is 1.27.